The van der Waals surface area contributed by atoms with Crippen molar-refractivity contribution in [2.45, 2.75) is 6.92 Å². The maximum atomic E-state index is 5.82. The lowest BCUT2D eigenvalue weighted by atomic mass is 10.1. The Bertz CT molecular complexity index is 692. The minimum Gasteiger partial charge on any atom is -0.382 e. The zero-order valence-corrected chi connectivity index (χ0v) is 9.73. The predicted octanol–water partition coefficient (Wildman–Crippen LogP) is 1.85. The van der Waals surface area contributed by atoms with Crippen LogP contribution in [0, 0.1) is 6.92 Å². The van der Waals surface area contributed by atoms with Gasteiger partial charge in [-0.3, -0.25) is 4.68 Å². The number of rotatable bonds is 1. The summed E-state index contributed by atoms with van der Waals surface area (Å²) in [6.45, 7) is 1.98. The molecule has 0 bridgehead atoms. The topological polar surface area (TPSA) is 72.5 Å². The first-order valence-electron chi connectivity index (χ1n) is 5.39. The van der Waals surface area contributed by atoms with Crippen LogP contribution in [0.3, 0.4) is 0 Å². The van der Waals surface area contributed by atoms with E-state index in [-0.39, 0.29) is 0 Å². The smallest absolute Gasteiger partial charge is 0.148 e. The zero-order valence-electron chi connectivity index (χ0n) is 9.73. The lowest BCUT2D eigenvalue weighted by molar-refractivity contribution is 0.780. The second-order valence-corrected chi connectivity index (χ2v) is 4.12. The van der Waals surface area contributed by atoms with Crippen LogP contribution < -0.4 is 5.73 Å². The van der Waals surface area contributed by atoms with E-state index in [0.717, 1.165) is 27.9 Å². The van der Waals surface area contributed by atoms with Gasteiger partial charge in [0.05, 0.1) is 23.1 Å². The van der Waals surface area contributed by atoms with E-state index in [4.69, 9.17) is 5.73 Å². The first-order chi connectivity index (χ1) is 8.16. The number of aromatic amines is 1. The Morgan fingerprint density at radius 3 is 2.88 bits per heavy atom. The predicted molar refractivity (Wildman–Crippen MR) is 67.4 cm³/mol. The number of nitrogens with two attached hydrogens (primary N) is 1. The van der Waals surface area contributed by atoms with Gasteiger partial charge in [0.1, 0.15) is 5.82 Å². The van der Waals surface area contributed by atoms with Gasteiger partial charge in [-0.2, -0.15) is 5.10 Å². The molecule has 3 rings (SSSR count). The number of imidazole rings is 1. The third-order valence-corrected chi connectivity index (χ3v) is 3.01. The van der Waals surface area contributed by atoms with Crippen molar-refractivity contribution in [3.8, 4) is 11.3 Å². The summed E-state index contributed by atoms with van der Waals surface area (Å²) >= 11 is 0. The summed E-state index contributed by atoms with van der Waals surface area (Å²) in [5.41, 5.74) is 10.9. The molecule has 2 aromatic heterocycles. The molecule has 0 spiro atoms. The molecule has 3 aromatic rings. The molecule has 0 amide bonds. The molecule has 0 atom stereocenters. The molecule has 5 nitrogen and oxygen atoms in total. The summed E-state index contributed by atoms with van der Waals surface area (Å²) in [4.78, 5) is 7.30. The van der Waals surface area contributed by atoms with Crippen molar-refractivity contribution >= 4 is 16.9 Å². The average molecular weight is 227 g/mol. The van der Waals surface area contributed by atoms with Gasteiger partial charge in [0.2, 0.25) is 0 Å². The fraction of sp³-hybridized carbons (Fsp3) is 0.167. The third kappa shape index (κ3) is 1.39. The van der Waals surface area contributed by atoms with Crippen LogP contribution in [0.2, 0.25) is 0 Å². The second kappa shape index (κ2) is 3.35. The molecule has 0 aliphatic carbocycles. The maximum absolute atomic E-state index is 5.82. The van der Waals surface area contributed by atoms with E-state index in [0.29, 0.717) is 5.82 Å². The summed E-state index contributed by atoms with van der Waals surface area (Å²) in [7, 11) is 1.90. The Hall–Kier alpha value is -2.30. The Morgan fingerprint density at radius 2 is 2.18 bits per heavy atom. The van der Waals surface area contributed by atoms with Crippen molar-refractivity contribution in [3.63, 3.8) is 0 Å². The number of nitrogen functional groups attached to an aromatic ring is 1. The molecule has 17 heavy (non-hydrogen) atoms. The average Bonchev–Trinajstić information content (AvgIpc) is 2.84. The molecule has 0 aliphatic heterocycles. The summed E-state index contributed by atoms with van der Waals surface area (Å²) in [5, 5.41) is 4.22. The van der Waals surface area contributed by atoms with E-state index in [1.807, 2.05) is 30.8 Å². The number of benzene rings is 1. The molecule has 3 N–H and O–H groups in total. The fourth-order valence-corrected chi connectivity index (χ4v) is 2.14. The molecule has 1 aromatic carbocycles. The summed E-state index contributed by atoms with van der Waals surface area (Å²) in [6, 6.07) is 6.09. The van der Waals surface area contributed by atoms with E-state index < -0.39 is 0 Å². The Labute approximate surface area is 98.3 Å². The molecule has 0 fully saturated rings. The number of anilines is 1. The highest BCUT2D eigenvalue weighted by molar-refractivity contribution is 5.82. The standard InChI is InChI=1S/C12H13N5/c1-7-11(17(2)16-12(7)13)8-3-4-9-10(5-8)15-6-14-9/h3-6H,1-2H3,(H2,13,16)(H,14,15). The lowest BCUT2D eigenvalue weighted by Gasteiger charge is -2.03. The van der Waals surface area contributed by atoms with E-state index in [2.05, 4.69) is 21.1 Å². The van der Waals surface area contributed by atoms with Crippen LogP contribution in [0.25, 0.3) is 22.3 Å². The van der Waals surface area contributed by atoms with Crippen molar-refractivity contribution in [2.75, 3.05) is 5.73 Å². The van der Waals surface area contributed by atoms with Gasteiger partial charge in [-0.1, -0.05) is 6.07 Å². The van der Waals surface area contributed by atoms with Gasteiger partial charge in [-0.05, 0) is 19.1 Å². The van der Waals surface area contributed by atoms with Gasteiger partial charge < -0.3 is 10.7 Å². The van der Waals surface area contributed by atoms with Crippen molar-refractivity contribution in [1.82, 2.24) is 19.7 Å². The number of nitrogens with zero attached hydrogens (tertiary/aromatic N) is 3. The van der Waals surface area contributed by atoms with E-state index in [9.17, 15) is 0 Å². The van der Waals surface area contributed by atoms with Crippen LogP contribution in [0.5, 0.6) is 0 Å². The number of H-pyrrole nitrogens is 1. The molecule has 0 unspecified atom stereocenters. The minimum atomic E-state index is 0.576. The lowest BCUT2D eigenvalue weighted by Crippen LogP contribution is -1.94. The largest absolute Gasteiger partial charge is 0.382 e. The first kappa shape index (κ1) is 9.89. The molecule has 0 aliphatic rings. The summed E-state index contributed by atoms with van der Waals surface area (Å²) in [5.74, 6) is 0.576. The van der Waals surface area contributed by atoms with Crippen LogP contribution in [0.1, 0.15) is 5.56 Å². The van der Waals surface area contributed by atoms with Crippen LogP contribution in [0.4, 0.5) is 5.82 Å². The van der Waals surface area contributed by atoms with Gasteiger partial charge in [-0.25, -0.2) is 4.98 Å². The van der Waals surface area contributed by atoms with E-state index in [1.165, 1.54) is 0 Å². The Balaban J connectivity index is 2.26. The van der Waals surface area contributed by atoms with Gasteiger partial charge >= 0.3 is 0 Å². The fourth-order valence-electron chi connectivity index (χ4n) is 2.14. The molecule has 2 heterocycles. The van der Waals surface area contributed by atoms with Crippen LogP contribution in [-0.2, 0) is 7.05 Å². The maximum Gasteiger partial charge on any atom is 0.148 e. The molecule has 86 valence electrons. The van der Waals surface area contributed by atoms with Crippen LogP contribution >= 0.6 is 0 Å². The van der Waals surface area contributed by atoms with Crippen LogP contribution in [-0.4, -0.2) is 19.7 Å². The first-order valence-corrected chi connectivity index (χ1v) is 5.39. The summed E-state index contributed by atoms with van der Waals surface area (Å²) in [6.07, 6.45) is 1.69. The molecular formula is C12H13N5. The Morgan fingerprint density at radius 1 is 1.35 bits per heavy atom. The number of nitrogens with one attached hydrogen (secondary N) is 1. The second-order valence-electron chi connectivity index (χ2n) is 4.12. The van der Waals surface area contributed by atoms with Gasteiger partial charge in [-0.15, -0.1) is 0 Å². The van der Waals surface area contributed by atoms with Crippen molar-refractivity contribution in [1.29, 1.82) is 0 Å². The third-order valence-electron chi connectivity index (χ3n) is 3.01. The van der Waals surface area contributed by atoms with Gasteiger partial charge in [0.15, 0.2) is 0 Å². The quantitative estimate of drug-likeness (QED) is 0.666. The SMILES string of the molecule is Cc1c(N)nn(C)c1-c1ccc2nc[nH]c2c1. The minimum absolute atomic E-state index is 0.576. The van der Waals surface area contributed by atoms with E-state index >= 15 is 0 Å². The highest BCUT2D eigenvalue weighted by Crippen LogP contribution is 2.28. The van der Waals surface area contributed by atoms with Crippen molar-refractivity contribution < 1.29 is 0 Å². The molecule has 0 saturated carbocycles. The summed E-state index contributed by atoms with van der Waals surface area (Å²) < 4.78 is 1.81. The molecule has 0 saturated heterocycles. The molecular weight excluding hydrogens is 214 g/mol. The zero-order chi connectivity index (χ0) is 12.0. The highest BCUT2D eigenvalue weighted by Gasteiger charge is 2.12. The highest BCUT2D eigenvalue weighted by atomic mass is 15.3. The van der Waals surface area contributed by atoms with Crippen LogP contribution in [0.15, 0.2) is 24.5 Å². The molecule has 5 heteroatoms. The van der Waals surface area contributed by atoms with Crippen molar-refractivity contribution in [2.24, 2.45) is 7.05 Å². The van der Waals surface area contributed by atoms with Gasteiger partial charge in [0, 0.05) is 18.2 Å². The Kier molecular flexibility index (Phi) is 1.95. The van der Waals surface area contributed by atoms with E-state index in [1.54, 1.807) is 6.33 Å². The number of hydrogen-bond acceptors (Lipinski definition) is 3. The normalized spacial score (nSPS) is 11.2. The molecule has 0 radical (unpaired) electrons. The number of aryl methyl sites for hydroxylation is 1. The van der Waals surface area contributed by atoms with Gasteiger partial charge in [0.25, 0.3) is 0 Å². The van der Waals surface area contributed by atoms with Crippen molar-refractivity contribution in [3.05, 3.63) is 30.1 Å². The number of hydrogen-bond donors (Lipinski definition) is 2. The monoisotopic (exact) mass is 227 g/mol. The number of fused-ring (bicyclic) bond motifs is 1. The number of aromatic nitrogens is 4.